The summed E-state index contributed by atoms with van der Waals surface area (Å²) in [5.41, 5.74) is 5.61. The Morgan fingerprint density at radius 1 is 0.484 bits per heavy atom. The molecule has 64 heavy (non-hydrogen) atoms. The Balaban J connectivity index is 0.000000163. The normalized spacial score (nSPS) is 13.4. The van der Waals surface area contributed by atoms with E-state index in [1.54, 1.807) is 51.5 Å². The molecule has 0 bridgehead atoms. The molecule has 4 aromatic heterocycles. The summed E-state index contributed by atoms with van der Waals surface area (Å²) >= 11 is 0. The maximum absolute atomic E-state index is 12.7. The van der Waals surface area contributed by atoms with Crippen molar-refractivity contribution in [1.29, 1.82) is 0 Å². The predicted octanol–water partition coefficient (Wildman–Crippen LogP) is 9.01. The van der Waals surface area contributed by atoms with Gasteiger partial charge >= 0.3 is 6.18 Å². The first-order valence-corrected chi connectivity index (χ1v) is 20.3. The lowest BCUT2D eigenvalue weighted by molar-refractivity contribution is -0.137. The molecule has 0 aliphatic heterocycles. The Morgan fingerprint density at radius 2 is 0.906 bits per heavy atom. The van der Waals surface area contributed by atoms with Gasteiger partial charge in [0.25, 0.3) is 11.8 Å². The molecule has 2 saturated carbocycles. The van der Waals surface area contributed by atoms with Gasteiger partial charge in [0.1, 0.15) is 0 Å². The van der Waals surface area contributed by atoms with Gasteiger partial charge in [0.2, 0.25) is 23.7 Å². The van der Waals surface area contributed by atoms with E-state index in [1.807, 2.05) is 72.8 Å². The number of nitrogens with one attached hydrogen (secondary N) is 4. The van der Waals surface area contributed by atoms with Crippen LogP contribution in [0.4, 0.5) is 36.4 Å². The average Bonchev–Trinajstić information content (AvgIpc) is 4.25. The lowest BCUT2D eigenvalue weighted by atomic mass is 10.1. The van der Waals surface area contributed by atoms with E-state index < -0.39 is 17.6 Å². The van der Waals surface area contributed by atoms with Crippen LogP contribution in [0.3, 0.4) is 0 Å². The second kappa shape index (κ2) is 17.3. The van der Waals surface area contributed by atoms with Crippen LogP contribution in [-0.2, 0) is 15.8 Å². The Labute approximate surface area is 362 Å². The number of rotatable bonds is 10. The molecule has 0 saturated heterocycles. The summed E-state index contributed by atoms with van der Waals surface area (Å²) < 4.78 is 41.4. The first kappa shape index (κ1) is 41.2. The number of nitrogens with zero attached hydrogens (tertiary/aromatic N) is 6. The summed E-state index contributed by atoms with van der Waals surface area (Å²) in [6.45, 7) is 0. The number of carbonyl (C=O) groups excluding carboxylic acids is 4. The third kappa shape index (κ3) is 9.47. The average molecular weight is 863 g/mol. The monoisotopic (exact) mass is 862 g/mol. The second-order valence-corrected chi connectivity index (χ2v) is 15.3. The van der Waals surface area contributed by atoms with E-state index in [-0.39, 0.29) is 41.1 Å². The summed E-state index contributed by atoms with van der Waals surface area (Å²) in [5, 5.41) is 19.9. The highest BCUT2D eigenvalue weighted by Crippen LogP contribution is 2.32. The van der Waals surface area contributed by atoms with Gasteiger partial charge in [0.15, 0.2) is 11.3 Å². The van der Waals surface area contributed by atoms with Gasteiger partial charge in [-0.1, -0.05) is 54.6 Å². The summed E-state index contributed by atoms with van der Waals surface area (Å²) in [6.07, 6.45) is -0.838. The molecule has 0 radical (unpaired) electrons. The van der Waals surface area contributed by atoms with Crippen molar-refractivity contribution in [3.63, 3.8) is 0 Å². The second-order valence-electron chi connectivity index (χ2n) is 15.3. The maximum atomic E-state index is 12.7. The fraction of sp³-hybridized carbons (Fsp3) is 0.149. The summed E-state index contributed by atoms with van der Waals surface area (Å²) in [5.74, 6) is -0.0905. The SMILES string of the molecule is O=C(Nc1ccc(-c2cccc3nc(NC(=O)C4CC4)nn23)cc1)c1ccc(C(F)(F)F)cc1.O=C(Nc1ccc(-c2cccc3nc(NC(=O)C4CC4)nn23)cc1)c1ccccc1. The van der Waals surface area contributed by atoms with Crippen molar-refractivity contribution in [3.05, 3.63) is 156 Å². The van der Waals surface area contributed by atoms with E-state index in [9.17, 15) is 32.3 Å². The molecule has 10 rings (SSSR count). The van der Waals surface area contributed by atoms with Crippen LogP contribution in [0.25, 0.3) is 33.8 Å². The van der Waals surface area contributed by atoms with Crippen molar-refractivity contribution in [2.24, 2.45) is 11.8 Å². The minimum Gasteiger partial charge on any atom is -0.322 e. The van der Waals surface area contributed by atoms with E-state index in [0.29, 0.717) is 34.2 Å². The van der Waals surface area contributed by atoms with Crippen molar-refractivity contribution in [1.82, 2.24) is 29.2 Å². The van der Waals surface area contributed by atoms with E-state index in [0.717, 1.165) is 72.5 Å². The molecule has 2 aliphatic carbocycles. The molecule has 4 aromatic carbocycles. The van der Waals surface area contributed by atoms with E-state index in [4.69, 9.17) is 0 Å². The van der Waals surface area contributed by atoms with Gasteiger partial charge in [-0.3, -0.25) is 29.8 Å². The minimum atomic E-state index is -4.46. The minimum absolute atomic E-state index is 0.0223. The number of carbonyl (C=O) groups is 4. The number of halogens is 3. The molecule has 0 spiro atoms. The highest BCUT2D eigenvalue weighted by molar-refractivity contribution is 6.05. The molecule has 320 valence electrons. The van der Waals surface area contributed by atoms with Crippen LogP contribution in [-0.4, -0.2) is 52.8 Å². The molecular formula is C47H37F3N10O4. The van der Waals surface area contributed by atoms with Crippen molar-refractivity contribution in [2.75, 3.05) is 21.3 Å². The maximum Gasteiger partial charge on any atom is 0.416 e. The molecule has 14 nitrogen and oxygen atoms in total. The molecule has 17 heteroatoms. The van der Waals surface area contributed by atoms with Crippen molar-refractivity contribution in [2.45, 2.75) is 31.9 Å². The molecule has 4 N–H and O–H groups in total. The molecule has 0 unspecified atom stereocenters. The fourth-order valence-corrected chi connectivity index (χ4v) is 6.72. The number of pyridine rings is 2. The van der Waals surface area contributed by atoms with E-state index in [1.165, 1.54) is 0 Å². The van der Waals surface area contributed by atoms with Gasteiger partial charge in [-0.2, -0.15) is 23.1 Å². The molecule has 4 amide bonds. The Morgan fingerprint density at radius 3 is 1.31 bits per heavy atom. The molecular weight excluding hydrogens is 826 g/mol. The number of amides is 4. The highest BCUT2D eigenvalue weighted by atomic mass is 19.4. The zero-order valence-corrected chi connectivity index (χ0v) is 33.7. The fourth-order valence-electron chi connectivity index (χ4n) is 6.72. The first-order chi connectivity index (χ1) is 30.9. The lowest BCUT2D eigenvalue weighted by Crippen LogP contribution is -2.14. The number of benzene rings is 4. The van der Waals surface area contributed by atoms with Gasteiger partial charge in [0, 0.05) is 45.5 Å². The number of alkyl halides is 3. The van der Waals surface area contributed by atoms with Crippen LogP contribution >= 0.6 is 0 Å². The zero-order valence-electron chi connectivity index (χ0n) is 33.7. The molecule has 4 heterocycles. The van der Waals surface area contributed by atoms with E-state index in [2.05, 4.69) is 41.4 Å². The van der Waals surface area contributed by atoms with Crippen molar-refractivity contribution >= 4 is 58.2 Å². The number of anilines is 4. The number of hydrogen-bond donors (Lipinski definition) is 4. The lowest BCUT2D eigenvalue weighted by Gasteiger charge is -2.09. The largest absolute Gasteiger partial charge is 0.416 e. The summed E-state index contributed by atoms with van der Waals surface area (Å²) in [7, 11) is 0. The summed E-state index contributed by atoms with van der Waals surface area (Å²) in [4.78, 5) is 57.5. The smallest absolute Gasteiger partial charge is 0.322 e. The van der Waals surface area contributed by atoms with Gasteiger partial charge in [-0.05, 0) is 111 Å². The van der Waals surface area contributed by atoms with Crippen molar-refractivity contribution in [3.8, 4) is 22.5 Å². The molecule has 8 aromatic rings. The number of hydrogen-bond acceptors (Lipinski definition) is 8. The summed E-state index contributed by atoms with van der Waals surface area (Å²) in [6, 6.07) is 38.7. The van der Waals surface area contributed by atoms with Gasteiger partial charge in [-0.15, -0.1) is 10.2 Å². The molecule has 2 aliphatic rings. The number of fused-ring (bicyclic) bond motifs is 2. The van der Waals surface area contributed by atoms with Gasteiger partial charge in [0.05, 0.1) is 17.0 Å². The third-order valence-electron chi connectivity index (χ3n) is 10.5. The van der Waals surface area contributed by atoms with Gasteiger partial charge < -0.3 is 10.6 Å². The van der Waals surface area contributed by atoms with Crippen LogP contribution in [0.2, 0.25) is 0 Å². The number of aromatic nitrogens is 6. The topological polar surface area (TPSA) is 177 Å². The quantitative estimate of drug-likeness (QED) is 0.105. The van der Waals surface area contributed by atoms with Crippen LogP contribution in [0.5, 0.6) is 0 Å². The Bertz CT molecular complexity index is 3020. The van der Waals surface area contributed by atoms with E-state index >= 15 is 0 Å². The van der Waals surface area contributed by atoms with Crippen LogP contribution in [0.15, 0.2) is 140 Å². The Kier molecular flexibility index (Phi) is 11.1. The van der Waals surface area contributed by atoms with Gasteiger partial charge in [-0.25, -0.2) is 9.03 Å². The highest BCUT2D eigenvalue weighted by Gasteiger charge is 2.32. The molecule has 0 atom stereocenters. The predicted molar refractivity (Wildman–Crippen MR) is 233 cm³/mol. The van der Waals surface area contributed by atoms with Crippen LogP contribution in [0, 0.1) is 11.8 Å². The zero-order chi connectivity index (χ0) is 44.4. The standard InChI is InChI=1S/C24H18F3N5O2.C23H19N5O2/c25-24(26,27)17-10-6-16(7-11-17)21(33)28-18-12-8-14(9-13-18)19-2-1-3-20-29-23(31-32(19)20)30-22(34)15-4-5-15;29-21(16-5-2-1-3-6-16)24-18-13-11-15(12-14-18)19-7-4-8-20-25-23(27-28(19)20)26-22(30)17-9-10-17/h1-3,6-13,15H,4-5H2,(H,28,33)(H,30,31,34);1-8,11-14,17H,9-10H2,(H,24,29)(H,26,27,30). The third-order valence-corrected chi connectivity index (χ3v) is 10.5. The van der Waals surface area contributed by atoms with Crippen LogP contribution in [0.1, 0.15) is 52.0 Å². The molecule has 2 fully saturated rings. The van der Waals surface area contributed by atoms with Crippen LogP contribution < -0.4 is 21.3 Å². The first-order valence-electron chi connectivity index (χ1n) is 20.3. The Hall–Kier alpha value is -8.21. The van der Waals surface area contributed by atoms with Crippen molar-refractivity contribution < 1.29 is 32.3 Å².